The number of fused-ring (bicyclic) bond motifs is 1. The van der Waals surface area contributed by atoms with E-state index in [-0.39, 0.29) is 29.2 Å². The topological polar surface area (TPSA) is 71.7 Å². The van der Waals surface area contributed by atoms with Crippen LogP contribution in [-0.4, -0.2) is 85.4 Å². The standard InChI is InChI=1S/C32H42F2N8/c1-6-40-17-24-19-41(20-25(24)18-40)16-22-8-9-29(37-14-22)38-21-39-30(27(34)15-35-4)23-12-26(33)31(36-5)28(13-23)42-11-7-10-32(42,2)3/h8-9,12-15,24-25H,4-7,10-11,16-21H2,1-3H3,(H,37,38)/b27-15+,39-30?. The Morgan fingerprint density at radius 1 is 1.14 bits per heavy atom. The molecule has 0 aliphatic carbocycles. The molecule has 0 radical (unpaired) electrons. The lowest BCUT2D eigenvalue weighted by atomic mass is 10.00. The van der Waals surface area contributed by atoms with Gasteiger partial charge in [-0.05, 0) is 82.3 Å². The average Bonchev–Trinajstić information content (AvgIpc) is 3.63. The minimum Gasteiger partial charge on any atom is -0.365 e. The number of likely N-dealkylation sites (tertiary alicyclic amines) is 2. The van der Waals surface area contributed by atoms with Crippen molar-refractivity contribution in [1.29, 1.82) is 0 Å². The third kappa shape index (κ3) is 6.44. The van der Waals surface area contributed by atoms with Gasteiger partial charge in [-0.3, -0.25) is 19.9 Å². The highest BCUT2D eigenvalue weighted by atomic mass is 19.1. The van der Waals surface area contributed by atoms with Crippen molar-refractivity contribution < 1.29 is 8.78 Å². The molecule has 1 N–H and O–H groups in total. The summed E-state index contributed by atoms with van der Waals surface area (Å²) in [6.45, 7) is 20.9. The molecule has 5 rings (SSSR count). The van der Waals surface area contributed by atoms with Gasteiger partial charge in [-0.2, -0.15) is 0 Å². The number of allylic oxidation sites excluding steroid dienone is 1. The summed E-state index contributed by atoms with van der Waals surface area (Å²) >= 11 is 0. The van der Waals surface area contributed by atoms with E-state index in [4.69, 9.17) is 0 Å². The molecule has 2 aromatic rings. The number of aromatic nitrogens is 1. The van der Waals surface area contributed by atoms with Crippen LogP contribution >= 0.6 is 0 Å². The first-order chi connectivity index (χ1) is 20.2. The van der Waals surface area contributed by atoms with Crippen LogP contribution in [0.5, 0.6) is 0 Å². The molecule has 1 aromatic heterocycles. The summed E-state index contributed by atoms with van der Waals surface area (Å²) in [6, 6.07) is 6.95. The van der Waals surface area contributed by atoms with E-state index in [1.54, 1.807) is 6.07 Å². The van der Waals surface area contributed by atoms with E-state index in [1.165, 1.54) is 19.2 Å². The minimum atomic E-state index is -0.710. The third-order valence-electron chi connectivity index (χ3n) is 8.91. The zero-order valence-corrected chi connectivity index (χ0v) is 25.0. The molecule has 42 heavy (non-hydrogen) atoms. The molecule has 0 bridgehead atoms. The van der Waals surface area contributed by atoms with Crippen LogP contribution in [0.3, 0.4) is 0 Å². The SMILES string of the molecule is C=N/C=C(/F)C(=NCNc1ccc(CN2CC3CN(CC)CC3C2)cn1)c1cc(F)c(N=C)c(N2CCCC2(C)C)c1. The molecule has 3 aliphatic heterocycles. The predicted octanol–water partition coefficient (Wildman–Crippen LogP) is 5.69. The quantitative estimate of drug-likeness (QED) is 0.348. The van der Waals surface area contributed by atoms with Crippen molar-refractivity contribution in [3.63, 3.8) is 0 Å². The highest BCUT2D eigenvalue weighted by Crippen LogP contribution is 2.41. The van der Waals surface area contributed by atoms with Gasteiger partial charge < -0.3 is 15.1 Å². The molecule has 2 atom stereocenters. The second-order valence-electron chi connectivity index (χ2n) is 12.2. The van der Waals surface area contributed by atoms with Crippen molar-refractivity contribution in [2.45, 2.75) is 45.7 Å². The number of rotatable bonds is 11. The maximum absolute atomic E-state index is 15.3. The number of nitrogens with one attached hydrogen (secondary N) is 1. The number of nitrogens with zero attached hydrogens (tertiary/aromatic N) is 7. The number of benzene rings is 1. The number of hydrogen-bond acceptors (Lipinski definition) is 8. The van der Waals surface area contributed by atoms with E-state index in [0.29, 0.717) is 11.5 Å². The monoisotopic (exact) mass is 576 g/mol. The molecule has 0 amide bonds. The lowest BCUT2D eigenvalue weighted by Gasteiger charge is -2.34. The molecule has 1 aromatic carbocycles. The fourth-order valence-corrected chi connectivity index (χ4v) is 6.74. The maximum atomic E-state index is 15.3. The molecule has 3 saturated heterocycles. The fourth-order valence-electron chi connectivity index (χ4n) is 6.74. The normalized spacial score (nSPS) is 22.9. The molecular formula is C32H42F2N8. The van der Waals surface area contributed by atoms with Crippen molar-refractivity contribution in [3.8, 4) is 0 Å². The first-order valence-corrected chi connectivity index (χ1v) is 14.8. The summed E-state index contributed by atoms with van der Waals surface area (Å²) in [6.07, 6.45) is 4.78. The molecule has 224 valence electrons. The highest BCUT2D eigenvalue weighted by Gasteiger charge is 2.39. The van der Waals surface area contributed by atoms with Crippen LogP contribution in [0.2, 0.25) is 0 Å². The summed E-state index contributed by atoms with van der Waals surface area (Å²) in [5, 5.41) is 3.14. The van der Waals surface area contributed by atoms with Gasteiger partial charge in [0.1, 0.15) is 23.9 Å². The van der Waals surface area contributed by atoms with E-state index < -0.39 is 11.6 Å². The van der Waals surface area contributed by atoms with Crippen LogP contribution in [0.15, 0.2) is 57.5 Å². The number of aliphatic imine (C=N–C) groups is 3. The Morgan fingerprint density at radius 2 is 1.88 bits per heavy atom. The van der Waals surface area contributed by atoms with E-state index >= 15 is 8.78 Å². The van der Waals surface area contributed by atoms with Crippen molar-refractivity contribution in [2.75, 3.05) is 56.2 Å². The summed E-state index contributed by atoms with van der Waals surface area (Å²) in [5.74, 6) is 0.876. The smallest absolute Gasteiger partial charge is 0.167 e. The van der Waals surface area contributed by atoms with Gasteiger partial charge in [-0.25, -0.2) is 13.8 Å². The Kier molecular flexibility index (Phi) is 9.13. The molecule has 10 heteroatoms. The van der Waals surface area contributed by atoms with Crippen LogP contribution in [0, 0.1) is 17.7 Å². The van der Waals surface area contributed by atoms with Gasteiger partial charge in [-0.1, -0.05) is 13.0 Å². The lowest BCUT2D eigenvalue weighted by molar-refractivity contribution is 0.257. The predicted molar refractivity (Wildman–Crippen MR) is 169 cm³/mol. The van der Waals surface area contributed by atoms with Gasteiger partial charge in [0.15, 0.2) is 11.6 Å². The highest BCUT2D eigenvalue weighted by molar-refractivity contribution is 6.12. The van der Waals surface area contributed by atoms with Crippen LogP contribution in [0.4, 0.5) is 26.0 Å². The molecule has 2 unspecified atom stereocenters. The largest absolute Gasteiger partial charge is 0.365 e. The van der Waals surface area contributed by atoms with E-state index in [9.17, 15) is 0 Å². The molecule has 4 heterocycles. The van der Waals surface area contributed by atoms with Crippen molar-refractivity contribution >= 4 is 36.3 Å². The molecule has 3 aliphatic rings. The van der Waals surface area contributed by atoms with Crippen molar-refractivity contribution in [3.05, 3.63) is 59.4 Å². The first-order valence-electron chi connectivity index (χ1n) is 14.8. The number of anilines is 2. The van der Waals surface area contributed by atoms with Gasteiger partial charge in [0.25, 0.3) is 0 Å². The Hall–Kier alpha value is -3.50. The van der Waals surface area contributed by atoms with Gasteiger partial charge >= 0.3 is 0 Å². The van der Waals surface area contributed by atoms with Gasteiger partial charge in [0.2, 0.25) is 0 Å². The van der Waals surface area contributed by atoms with Crippen LogP contribution < -0.4 is 10.2 Å². The van der Waals surface area contributed by atoms with Crippen LogP contribution in [-0.2, 0) is 6.54 Å². The average molecular weight is 577 g/mol. The molecule has 0 spiro atoms. The maximum Gasteiger partial charge on any atom is 0.167 e. The molecule has 3 fully saturated rings. The zero-order chi connectivity index (χ0) is 29.9. The van der Waals surface area contributed by atoms with E-state index in [0.717, 1.165) is 69.2 Å². The van der Waals surface area contributed by atoms with E-state index in [1.807, 2.05) is 12.3 Å². The zero-order valence-electron chi connectivity index (χ0n) is 25.0. The summed E-state index contributed by atoms with van der Waals surface area (Å²) in [4.78, 5) is 23.7. The molecule has 8 nitrogen and oxygen atoms in total. The lowest BCUT2D eigenvalue weighted by Crippen LogP contribution is -2.38. The van der Waals surface area contributed by atoms with Crippen LogP contribution in [0.25, 0.3) is 0 Å². The second-order valence-corrected chi connectivity index (χ2v) is 12.2. The summed E-state index contributed by atoms with van der Waals surface area (Å²) in [7, 11) is 0. The number of pyridine rings is 1. The molecule has 0 saturated carbocycles. The van der Waals surface area contributed by atoms with Gasteiger partial charge in [0.05, 0.1) is 11.9 Å². The summed E-state index contributed by atoms with van der Waals surface area (Å²) in [5.41, 5.74) is 1.96. The van der Waals surface area contributed by atoms with Crippen LogP contribution in [0.1, 0.15) is 44.7 Å². The Balaban J connectivity index is 1.28. The van der Waals surface area contributed by atoms with Gasteiger partial charge in [-0.15, -0.1) is 0 Å². The Morgan fingerprint density at radius 3 is 2.48 bits per heavy atom. The van der Waals surface area contributed by atoms with Gasteiger partial charge in [0, 0.05) is 56.6 Å². The minimum absolute atomic E-state index is 0.0273. The number of halogens is 2. The van der Waals surface area contributed by atoms with E-state index in [2.05, 4.69) is 80.3 Å². The van der Waals surface area contributed by atoms with Crippen molar-refractivity contribution in [2.24, 2.45) is 26.8 Å². The fraction of sp³-hybridized carbons (Fsp3) is 0.500. The Labute approximate surface area is 248 Å². The van der Waals surface area contributed by atoms with Crippen molar-refractivity contribution in [1.82, 2.24) is 14.8 Å². The first kappa shape index (κ1) is 30.0. The molecular weight excluding hydrogens is 534 g/mol. The Bertz CT molecular complexity index is 1340. The third-order valence-corrected chi connectivity index (χ3v) is 8.91. The summed E-state index contributed by atoms with van der Waals surface area (Å²) < 4.78 is 30.5. The number of hydrogen-bond donors (Lipinski definition) is 1. The second kappa shape index (κ2) is 12.8.